The average Bonchev–Trinajstić information content (AvgIpc) is 2.77. The number of anilines is 1. The SMILES string of the molecule is Cc1c(Cl)cccc1NC(=O)N1CCCC2(C1)NC(=O)NC2=O. The van der Waals surface area contributed by atoms with Crippen molar-refractivity contribution < 1.29 is 14.4 Å². The molecule has 0 saturated carbocycles. The molecule has 0 aliphatic carbocycles. The molecule has 2 aliphatic rings. The van der Waals surface area contributed by atoms with E-state index in [9.17, 15) is 14.4 Å². The Bertz CT molecular complexity index is 693. The second kappa shape index (κ2) is 5.73. The standard InChI is InChI=1S/C15H17ClN4O3/c1-9-10(16)4-2-5-11(9)17-14(23)20-7-3-6-15(8-20)12(21)18-13(22)19-15/h2,4-5H,3,6-8H2,1H3,(H,17,23)(H2,18,19,21,22). The van der Waals surface area contributed by atoms with E-state index < -0.39 is 11.6 Å². The van der Waals surface area contributed by atoms with E-state index in [2.05, 4.69) is 16.0 Å². The Labute approximate surface area is 138 Å². The Kier molecular flexibility index (Phi) is 3.89. The van der Waals surface area contributed by atoms with Gasteiger partial charge in [-0.05, 0) is 37.5 Å². The minimum Gasteiger partial charge on any atom is -0.322 e. The summed E-state index contributed by atoms with van der Waals surface area (Å²) in [6.45, 7) is 2.49. The summed E-state index contributed by atoms with van der Waals surface area (Å²) in [6, 6.07) is 4.45. The van der Waals surface area contributed by atoms with Crippen LogP contribution >= 0.6 is 11.6 Å². The van der Waals surface area contributed by atoms with Crippen LogP contribution in [0.4, 0.5) is 15.3 Å². The number of benzene rings is 1. The molecular formula is C15H17ClN4O3. The lowest BCUT2D eigenvalue weighted by atomic mass is 9.89. The highest BCUT2D eigenvalue weighted by molar-refractivity contribution is 6.31. The van der Waals surface area contributed by atoms with Crippen LogP contribution in [0.25, 0.3) is 0 Å². The zero-order valence-electron chi connectivity index (χ0n) is 12.6. The Morgan fingerprint density at radius 2 is 2.17 bits per heavy atom. The van der Waals surface area contributed by atoms with E-state index in [0.717, 1.165) is 5.56 Å². The van der Waals surface area contributed by atoms with Crippen LogP contribution in [0.1, 0.15) is 18.4 Å². The molecule has 1 unspecified atom stereocenters. The molecule has 3 N–H and O–H groups in total. The predicted octanol–water partition coefficient (Wildman–Crippen LogP) is 1.85. The summed E-state index contributed by atoms with van der Waals surface area (Å²) < 4.78 is 0. The number of halogens is 1. The molecule has 0 radical (unpaired) electrons. The van der Waals surface area contributed by atoms with E-state index in [4.69, 9.17) is 11.6 Å². The monoisotopic (exact) mass is 336 g/mol. The highest BCUT2D eigenvalue weighted by Gasteiger charge is 2.49. The van der Waals surface area contributed by atoms with Gasteiger partial charge in [0.15, 0.2) is 0 Å². The van der Waals surface area contributed by atoms with Crippen LogP contribution in [0.5, 0.6) is 0 Å². The fourth-order valence-corrected chi connectivity index (χ4v) is 3.16. The Hall–Kier alpha value is -2.28. The van der Waals surface area contributed by atoms with Crippen molar-refractivity contribution in [3.8, 4) is 0 Å². The summed E-state index contributed by atoms with van der Waals surface area (Å²) in [7, 11) is 0. The molecule has 1 aromatic carbocycles. The number of carbonyl (C=O) groups is 3. The van der Waals surface area contributed by atoms with Gasteiger partial charge in [-0.3, -0.25) is 10.1 Å². The lowest BCUT2D eigenvalue weighted by molar-refractivity contribution is -0.125. The summed E-state index contributed by atoms with van der Waals surface area (Å²) in [5, 5.41) is 8.27. The summed E-state index contributed by atoms with van der Waals surface area (Å²) in [4.78, 5) is 37.4. The molecule has 7 nitrogen and oxygen atoms in total. The minimum atomic E-state index is -1.02. The van der Waals surface area contributed by atoms with E-state index in [-0.39, 0.29) is 18.5 Å². The van der Waals surface area contributed by atoms with Crippen LogP contribution in [0.2, 0.25) is 5.02 Å². The molecule has 0 bridgehead atoms. The van der Waals surface area contributed by atoms with Crippen molar-refractivity contribution in [1.29, 1.82) is 0 Å². The van der Waals surface area contributed by atoms with Crippen LogP contribution in [-0.4, -0.2) is 41.5 Å². The number of hydrogen-bond acceptors (Lipinski definition) is 3. The highest BCUT2D eigenvalue weighted by atomic mass is 35.5. The third-order valence-electron chi connectivity index (χ3n) is 4.30. The first-order valence-corrected chi connectivity index (χ1v) is 7.74. The lowest BCUT2D eigenvalue weighted by Crippen LogP contribution is -2.60. The number of imide groups is 1. The lowest BCUT2D eigenvalue weighted by Gasteiger charge is -2.37. The van der Waals surface area contributed by atoms with E-state index in [1.807, 2.05) is 6.92 Å². The van der Waals surface area contributed by atoms with Crippen LogP contribution in [0, 0.1) is 6.92 Å². The van der Waals surface area contributed by atoms with Gasteiger partial charge in [0.05, 0.1) is 6.54 Å². The third-order valence-corrected chi connectivity index (χ3v) is 4.71. The maximum atomic E-state index is 12.5. The summed E-state index contributed by atoms with van der Waals surface area (Å²) in [5.74, 6) is -0.376. The number of amides is 5. The van der Waals surface area contributed by atoms with Crippen molar-refractivity contribution in [3.63, 3.8) is 0 Å². The first-order chi connectivity index (χ1) is 10.9. The number of nitrogens with zero attached hydrogens (tertiary/aromatic N) is 1. The van der Waals surface area contributed by atoms with E-state index in [1.165, 1.54) is 4.90 Å². The van der Waals surface area contributed by atoms with E-state index in [1.54, 1.807) is 18.2 Å². The van der Waals surface area contributed by atoms with Crippen LogP contribution in [-0.2, 0) is 4.79 Å². The molecule has 1 aromatic rings. The second-order valence-corrected chi connectivity index (χ2v) is 6.27. The Morgan fingerprint density at radius 3 is 2.87 bits per heavy atom. The normalized spacial score (nSPS) is 23.7. The fourth-order valence-electron chi connectivity index (χ4n) is 2.98. The summed E-state index contributed by atoms with van der Waals surface area (Å²) >= 11 is 6.05. The molecule has 3 rings (SSSR count). The zero-order chi connectivity index (χ0) is 16.6. The van der Waals surface area contributed by atoms with Gasteiger partial charge in [-0.1, -0.05) is 17.7 Å². The number of carbonyl (C=O) groups excluding carboxylic acids is 3. The van der Waals surface area contributed by atoms with Gasteiger partial charge in [0.1, 0.15) is 5.54 Å². The van der Waals surface area contributed by atoms with Crippen LogP contribution < -0.4 is 16.0 Å². The van der Waals surface area contributed by atoms with Crippen LogP contribution in [0.3, 0.4) is 0 Å². The van der Waals surface area contributed by atoms with Crippen molar-refractivity contribution in [3.05, 3.63) is 28.8 Å². The molecule has 1 spiro atoms. The molecule has 122 valence electrons. The summed E-state index contributed by atoms with van der Waals surface area (Å²) in [6.07, 6.45) is 1.15. The van der Waals surface area contributed by atoms with Crippen molar-refractivity contribution in [1.82, 2.24) is 15.5 Å². The van der Waals surface area contributed by atoms with E-state index >= 15 is 0 Å². The average molecular weight is 337 g/mol. The van der Waals surface area contributed by atoms with Crippen LogP contribution in [0.15, 0.2) is 18.2 Å². The predicted molar refractivity (Wildman–Crippen MR) is 85.4 cm³/mol. The van der Waals surface area contributed by atoms with Gasteiger partial charge in [0, 0.05) is 17.3 Å². The number of nitrogens with one attached hydrogen (secondary N) is 3. The first-order valence-electron chi connectivity index (χ1n) is 7.36. The minimum absolute atomic E-state index is 0.149. The van der Waals surface area contributed by atoms with Crippen molar-refractivity contribution in [2.75, 3.05) is 18.4 Å². The zero-order valence-corrected chi connectivity index (χ0v) is 13.4. The first kappa shape index (κ1) is 15.6. The maximum Gasteiger partial charge on any atom is 0.322 e. The Balaban J connectivity index is 1.74. The van der Waals surface area contributed by atoms with Crippen molar-refractivity contribution in [2.24, 2.45) is 0 Å². The smallest absolute Gasteiger partial charge is 0.322 e. The van der Waals surface area contributed by atoms with Gasteiger partial charge >= 0.3 is 12.1 Å². The number of likely N-dealkylation sites (tertiary alicyclic amines) is 1. The third kappa shape index (κ3) is 2.84. The molecule has 23 heavy (non-hydrogen) atoms. The van der Waals surface area contributed by atoms with Gasteiger partial charge in [-0.2, -0.15) is 0 Å². The van der Waals surface area contributed by atoms with Gasteiger partial charge in [-0.15, -0.1) is 0 Å². The largest absolute Gasteiger partial charge is 0.322 e. The van der Waals surface area contributed by atoms with Crippen molar-refractivity contribution in [2.45, 2.75) is 25.3 Å². The number of rotatable bonds is 1. The number of urea groups is 2. The second-order valence-electron chi connectivity index (χ2n) is 5.86. The summed E-state index contributed by atoms with van der Waals surface area (Å²) in [5.41, 5.74) is 0.388. The van der Waals surface area contributed by atoms with Gasteiger partial charge < -0.3 is 15.5 Å². The molecule has 2 fully saturated rings. The quantitative estimate of drug-likeness (QED) is 0.684. The highest BCUT2D eigenvalue weighted by Crippen LogP contribution is 2.26. The number of piperidine rings is 1. The molecule has 2 saturated heterocycles. The molecule has 1 atom stereocenters. The molecule has 2 heterocycles. The number of hydrogen-bond donors (Lipinski definition) is 3. The molecule has 0 aromatic heterocycles. The molecule has 2 aliphatic heterocycles. The van der Waals surface area contributed by atoms with E-state index in [0.29, 0.717) is 30.1 Å². The Morgan fingerprint density at radius 1 is 1.39 bits per heavy atom. The molecule has 8 heteroatoms. The van der Waals surface area contributed by atoms with Gasteiger partial charge in [0.2, 0.25) is 0 Å². The topological polar surface area (TPSA) is 90.5 Å². The van der Waals surface area contributed by atoms with Crippen molar-refractivity contribution >= 4 is 35.3 Å². The molecular weight excluding hydrogens is 320 g/mol. The maximum absolute atomic E-state index is 12.5. The van der Waals surface area contributed by atoms with Gasteiger partial charge in [0.25, 0.3) is 5.91 Å². The van der Waals surface area contributed by atoms with Gasteiger partial charge in [-0.25, -0.2) is 9.59 Å². The molecule has 5 amide bonds. The fraction of sp³-hybridized carbons (Fsp3) is 0.400.